The summed E-state index contributed by atoms with van der Waals surface area (Å²) in [5.41, 5.74) is 1.87. The van der Waals surface area contributed by atoms with E-state index in [1.165, 1.54) is 7.11 Å². The highest BCUT2D eigenvalue weighted by Crippen LogP contribution is 2.38. The van der Waals surface area contributed by atoms with Crippen LogP contribution in [0.5, 0.6) is 5.75 Å². The summed E-state index contributed by atoms with van der Waals surface area (Å²) < 4.78 is 73.6. The largest absolute Gasteiger partial charge is 0.495 e. The van der Waals surface area contributed by atoms with Crippen LogP contribution in [0.25, 0.3) is 0 Å². The Morgan fingerprint density at radius 2 is 1.92 bits per heavy atom. The Balaban J connectivity index is 1.68. The summed E-state index contributed by atoms with van der Waals surface area (Å²) in [6.07, 6.45) is -2.73. The quantitative estimate of drug-likeness (QED) is 0.328. The number of sulfonamides is 1. The Labute approximate surface area is 212 Å². The molecule has 0 amide bonds. The first-order valence-electron chi connectivity index (χ1n) is 11.3. The van der Waals surface area contributed by atoms with Gasteiger partial charge in [-0.2, -0.15) is 18.2 Å². The normalized spacial score (nSPS) is 17.4. The zero-order valence-corrected chi connectivity index (χ0v) is 21.2. The number of rotatable bonds is 9. The van der Waals surface area contributed by atoms with Gasteiger partial charge in [0.25, 0.3) is 0 Å². The van der Waals surface area contributed by atoms with E-state index >= 15 is 0 Å². The van der Waals surface area contributed by atoms with Gasteiger partial charge in [-0.25, -0.2) is 18.1 Å². The third kappa shape index (κ3) is 6.29. The van der Waals surface area contributed by atoms with Crippen LogP contribution in [-0.2, 0) is 29.2 Å². The Hall–Kier alpha value is -3.42. The number of alkyl halides is 3. The number of ether oxygens (including phenoxy) is 1. The second-order valence-corrected chi connectivity index (χ2v) is 10.4. The lowest BCUT2D eigenvalue weighted by Gasteiger charge is -2.24. The van der Waals surface area contributed by atoms with Crippen molar-refractivity contribution in [3.05, 3.63) is 70.9 Å². The summed E-state index contributed by atoms with van der Waals surface area (Å²) in [5.74, 6) is -0.0819. The molecule has 1 aromatic heterocycles. The van der Waals surface area contributed by atoms with Gasteiger partial charge < -0.3 is 20.7 Å². The van der Waals surface area contributed by atoms with E-state index in [4.69, 9.17) is 4.74 Å². The molecule has 0 spiro atoms. The molecule has 0 fully saturated rings. The zero-order chi connectivity index (χ0) is 26.8. The first kappa shape index (κ1) is 26.6. The monoisotopic (exact) mass is 536 g/mol. The number of halogens is 3. The minimum atomic E-state index is -4.74. The van der Waals surface area contributed by atoms with Crippen molar-refractivity contribution >= 4 is 27.5 Å². The molecule has 9 nitrogen and oxygen atoms in total. The summed E-state index contributed by atoms with van der Waals surface area (Å²) in [7, 11) is -0.363. The van der Waals surface area contributed by atoms with Gasteiger partial charge in [0, 0.05) is 12.7 Å². The average molecular weight is 537 g/mol. The van der Waals surface area contributed by atoms with Crippen LogP contribution in [0.1, 0.15) is 28.3 Å². The van der Waals surface area contributed by atoms with Crippen molar-refractivity contribution in [2.45, 2.75) is 31.2 Å². The van der Waals surface area contributed by atoms with E-state index in [1.807, 2.05) is 19.2 Å². The van der Waals surface area contributed by atoms with Crippen molar-refractivity contribution in [1.29, 1.82) is 0 Å². The Morgan fingerprint density at radius 3 is 2.59 bits per heavy atom. The van der Waals surface area contributed by atoms with Crippen molar-refractivity contribution in [1.82, 2.24) is 20.0 Å². The molecule has 37 heavy (non-hydrogen) atoms. The Morgan fingerprint density at radius 1 is 1.16 bits per heavy atom. The Bertz CT molecular complexity index is 1380. The van der Waals surface area contributed by atoms with Crippen LogP contribution < -0.4 is 25.4 Å². The molecule has 198 valence electrons. The topological polar surface area (TPSA) is 117 Å². The maximum Gasteiger partial charge on any atom is 0.421 e. The molecule has 2 atom stereocenters. The van der Waals surface area contributed by atoms with E-state index in [1.54, 1.807) is 30.3 Å². The molecule has 0 saturated heterocycles. The molecule has 1 aliphatic carbocycles. The maximum atomic E-state index is 13.9. The molecule has 2 aromatic carbocycles. The van der Waals surface area contributed by atoms with Gasteiger partial charge in [0.1, 0.15) is 17.1 Å². The molecular weight excluding hydrogens is 509 g/mol. The van der Waals surface area contributed by atoms with Gasteiger partial charge in [0.2, 0.25) is 16.0 Å². The predicted octanol–water partition coefficient (Wildman–Crippen LogP) is 3.59. The number of fused-ring (bicyclic) bond motifs is 1. The zero-order valence-electron chi connectivity index (χ0n) is 20.3. The second kappa shape index (κ2) is 10.5. The van der Waals surface area contributed by atoms with E-state index in [0.29, 0.717) is 36.2 Å². The number of aromatic nitrogens is 2. The maximum absolute atomic E-state index is 13.9. The van der Waals surface area contributed by atoms with Crippen molar-refractivity contribution < 1.29 is 26.3 Å². The predicted molar refractivity (Wildman–Crippen MR) is 134 cm³/mol. The lowest BCUT2D eigenvalue weighted by molar-refractivity contribution is -0.137. The van der Waals surface area contributed by atoms with E-state index in [9.17, 15) is 21.6 Å². The van der Waals surface area contributed by atoms with E-state index in [0.717, 1.165) is 17.4 Å². The van der Waals surface area contributed by atoms with Crippen LogP contribution >= 0.6 is 0 Å². The van der Waals surface area contributed by atoms with Gasteiger partial charge in [0.15, 0.2) is 0 Å². The summed E-state index contributed by atoms with van der Waals surface area (Å²) in [5, 5.41) is 8.79. The third-order valence-electron chi connectivity index (χ3n) is 5.88. The average Bonchev–Trinajstić information content (AvgIpc) is 3.15. The highest BCUT2D eigenvalue weighted by molar-refractivity contribution is 7.88. The number of methoxy groups -OCH3 is 1. The number of nitrogens with zero attached hydrogens (tertiary/aromatic N) is 2. The lowest BCUT2D eigenvalue weighted by atomic mass is 10.1. The first-order chi connectivity index (χ1) is 17.5. The van der Waals surface area contributed by atoms with Crippen molar-refractivity contribution in [3.63, 3.8) is 0 Å². The molecule has 1 aliphatic rings. The van der Waals surface area contributed by atoms with Crippen LogP contribution in [0.3, 0.4) is 0 Å². The fraction of sp³-hybridized carbons (Fsp3) is 0.333. The molecule has 0 unspecified atom stereocenters. The fourth-order valence-corrected chi connectivity index (χ4v) is 5.07. The van der Waals surface area contributed by atoms with Gasteiger partial charge in [0.05, 0.1) is 31.1 Å². The van der Waals surface area contributed by atoms with Crippen LogP contribution in [-0.4, -0.2) is 44.8 Å². The van der Waals surface area contributed by atoms with Crippen LogP contribution in [0.4, 0.5) is 30.6 Å². The highest BCUT2D eigenvalue weighted by Gasteiger charge is 2.39. The third-order valence-corrected chi connectivity index (χ3v) is 6.57. The second-order valence-electron chi connectivity index (χ2n) is 8.67. The molecule has 4 rings (SSSR count). The minimum Gasteiger partial charge on any atom is -0.495 e. The molecule has 4 N–H and O–H groups in total. The van der Waals surface area contributed by atoms with E-state index < -0.39 is 39.7 Å². The van der Waals surface area contributed by atoms with Gasteiger partial charge in [-0.1, -0.05) is 30.3 Å². The Kier molecular flexibility index (Phi) is 7.57. The summed E-state index contributed by atoms with van der Waals surface area (Å²) in [6.45, 7) is 0.605. The van der Waals surface area contributed by atoms with Gasteiger partial charge >= 0.3 is 6.18 Å². The SMILES string of the molecule is CNCc1ccc(Nc2ncc(C(F)(F)F)c(N[C@@H]3Cc4ccccc4[C@H]3NS(C)(=O)=O)n2)c(OC)c1. The molecule has 0 saturated carbocycles. The molecule has 0 radical (unpaired) electrons. The summed E-state index contributed by atoms with van der Waals surface area (Å²) in [4.78, 5) is 7.99. The summed E-state index contributed by atoms with van der Waals surface area (Å²) >= 11 is 0. The smallest absolute Gasteiger partial charge is 0.421 e. The number of anilines is 3. The number of nitrogens with one attached hydrogen (secondary N) is 4. The lowest BCUT2D eigenvalue weighted by Crippen LogP contribution is -2.38. The molecule has 13 heteroatoms. The minimum absolute atomic E-state index is 0.0849. The first-order valence-corrected chi connectivity index (χ1v) is 13.2. The van der Waals surface area contributed by atoms with Crippen molar-refractivity contribution in [2.24, 2.45) is 0 Å². The molecule has 3 aromatic rings. The van der Waals surface area contributed by atoms with Gasteiger partial charge in [-0.15, -0.1) is 0 Å². The molecule has 0 bridgehead atoms. The van der Waals surface area contributed by atoms with Crippen LogP contribution in [0.15, 0.2) is 48.7 Å². The molecule has 1 heterocycles. The molecular formula is C24H27F3N6O3S. The fourth-order valence-electron chi connectivity index (χ4n) is 4.31. The van der Waals surface area contributed by atoms with Crippen molar-refractivity contribution in [2.75, 3.05) is 31.0 Å². The standard InChI is InChI=1S/C24H27F3N6O3S/c1-28-12-14-8-9-18(20(10-14)36-2)31-23-29-13-17(24(25,26)27)22(32-23)30-19-11-15-6-4-5-7-16(15)21(19)33-37(3,34)35/h4-10,13,19,21,28,33H,11-12H2,1-3H3,(H2,29,30,31,32)/t19-,21-/m1/s1. The number of benzene rings is 2. The van der Waals surface area contributed by atoms with Gasteiger partial charge in [-0.05, 0) is 42.3 Å². The number of hydrogen-bond donors (Lipinski definition) is 4. The van der Waals surface area contributed by atoms with E-state index in [2.05, 4.69) is 30.6 Å². The molecule has 0 aliphatic heterocycles. The van der Waals surface area contributed by atoms with E-state index in [-0.39, 0.29) is 5.95 Å². The number of hydrogen-bond acceptors (Lipinski definition) is 8. The van der Waals surface area contributed by atoms with Crippen molar-refractivity contribution in [3.8, 4) is 5.75 Å². The highest BCUT2D eigenvalue weighted by atomic mass is 32.2. The summed E-state index contributed by atoms with van der Waals surface area (Å²) in [6, 6.07) is 11.0. The van der Waals surface area contributed by atoms with Gasteiger partial charge in [-0.3, -0.25) is 0 Å². The van der Waals surface area contributed by atoms with Crippen LogP contribution in [0, 0.1) is 0 Å². The van der Waals surface area contributed by atoms with Crippen LogP contribution in [0.2, 0.25) is 0 Å².